The number of nitrogens with two attached hydrogens (primary N) is 1. The number of halogens is 3. The maximum atomic E-state index is 15.6. The molecule has 1 aliphatic heterocycles. The van der Waals surface area contributed by atoms with Gasteiger partial charge in [0.2, 0.25) is 17.8 Å². The van der Waals surface area contributed by atoms with Gasteiger partial charge in [0.05, 0.1) is 135 Å². The molecule has 1 saturated heterocycles. The van der Waals surface area contributed by atoms with Crippen molar-refractivity contribution in [1.29, 1.82) is 5.26 Å². The summed E-state index contributed by atoms with van der Waals surface area (Å²) in [5, 5.41) is 33.8. The number of nitrogens with one attached hydrogen (secondary N) is 3. The minimum absolute atomic E-state index is 0.0290. The lowest BCUT2D eigenvalue weighted by Gasteiger charge is -2.34. The Morgan fingerprint density at radius 2 is 1.48 bits per heavy atom. The monoisotopic (exact) mass is 1290 g/mol. The van der Waals surface area contributed by atoms with Gasteiger partial charge >= 0.3 is 5.97 Å². The minimum Gasteiger partial charge on any atom is -0.489 e. The van der Waals surface area contributed by atoms with E-state index in [0.29, 0.717) is 143 Å². The summed E-state index contributed by atoms with van der Waals surface area (Å²) in [4.78, 5) is 78.4. The molecule has 484 valence electrons. The second kappa shape index (κ2) is 33.1. The van der Waals surface area contributed by atoms with Gasteiger partial charge in [0.25, 0.3) is 11.5 Å². The molecule has 0 saturated carbocycles. The smallest absolute Gasteiger partial charge is 0.326 e. The van der Waals surface area contributed by atoms with Crippen LogP contribution in [0.15, 0.2) is 90.1 Å². The van der Waals surface area contributed by atoms with E-state index in [4.69, 9.17) is 50.5 Å². The Labute approximate surface area is 531 Å². The maximum Gasteiger partial charge on any atom is 0.326 e. The molecule has 1 aliphatic rings. The Balaban J connectivity index is 0.556. The Morgan fingerprint density at radius 1 is 0.815 bits per heavy atom. The van der Waals surface area contributed by atoms with Gasteiger partial charge in [-0.3, -0.25) is 19.4 Å². The van der Waals surface area contributed by atoms with Crippen LogP contribution in [-0.4, -0.2) is 184 Å². The summed E-state index contributed by atoms with van der Waals surface area (Å²) in [5.41, 5.74) is 9.28. The highest BCUT2D eigenvalue weighted by Crippen LogP contribution is 2.37. The summed E-state index contributed by atoms with van der Waals surface area (Å²) in [6.07, 6.45) is 4.99. The second-order valence-corrected chi connectivity index (χ2v) is 21.4. The van der Waals surface area contributed by atoms with Crippen molar-refractivity contribution < 1.29 is 61.4 Å². The van der Waals surface area contributed by atoms with E-state index in [1.807, 2.05) is 11.0 Å². The molecule has 0 spiro atoms. The van der Waals surface area contributed by atoms with Crippen LogP contribution >= 0.6 is 11.6 Å². The molecule has 0 bridgehead atoms. The number of carbonyl (C=O) groups is 3. The number of aryl methyl sites for hydroxylation is 2. The van der Waals surface area contributed by atoms with Crippen molar-refractivity contribution in [1.82, 2.24) is 55.1 Å². The zero-order chi connectivity index (χ0) is 64.9. The van der Waals surface area contributed by atoms with Crippen LogP contribution in [0.5, 0.6) is 5.75 Å². The predicted molar refractivity (Wildman–Crippen MR) is 332 cm³/mol. The van der Waals surface area contributed by atoms with Crippen LogP contribution in [0.3, 0.4) is 0 Å². The zero-order valence-electron chi connectivity index (χ0n) is 50.4. The summed E-state index contributed by atoms with van der Waals surface area (Å²) in [6, 6.07) is 16.9. The third-order valence-corrected chi connectivity index (χ3v) is 15.0. The van der Waals surface area contributed by atoms with E-state index in [9.17, 15) is 33.9 Å². The average molecular weight is 1290 g/mol. The lowest BCUT2D eigenvalue weighted by atomic mass is 10.0. The number of carboxylic acid groups (broad SMARTS) is 1. The number of piperazine rings is 1. The zero-order valence-corrected chi connectivity index (χ0v) is 51.2. The van der Waals surface area contributed by atoms with E-state index in [0.717, 1.165) is 5.56 Å². The number of nitrogen functional groups attached to an aromatic ring is 1. The van der Waals surface area contributed by atoms with Crippen molar-refractivity contribution in [2.75, 3.05) is 121 Å². The molecule has 27 nitrogen and oxygen atoms in total. The molecule has 92 heavy (non-hydrogen) atoms. The van der Waals surface area contributed by atoms with E-state index in [2.05, 4.69) is 50.8 Å². The van der Waals surface area contributed by atoms with Crippen molar-refractivity contribution in [3.63, 3.8) is 0 Å². The van der Waals surface area contributed by atoms with Crippen LogP contribution in [0.2, 0.25) is 5.02 Å². The van der Waals surface area contributed by atoms with Gasteiger partial charge in [-0.25, -0.2) is 43.2 Å². The molecule has 8 aromatic rings. The summed E-state index contributed by atoms with van der Waals surface area (Å²) in [5.74, 6) is -2.17. The number of H-pyrrole nitrogens is 1. The quantitative estimate of drug-likeness (QED) is 0.0305. The summed E-state index contributed by atoms with van der Waals surface area (Å²) in [7, 11) is 0. The lowest BCUT2D eigenvalue weighted by molar-refractivity contribution is -0.139. The number of aromatic nitrogens is 9. The molecule has 2 atom stereocenters. The number of carboxylic acids is 1. The van der Waals surface area contributed by atoms with Gasteiger partial charge in [-0.1, -0.05) is 22.9 Å². The number of aromatic amines is 1. The highest BCUT2D eigenvalue weighted by atomic mass is 35.5. The average Bonchev–Trinajstić information content (AvgIpc) is 0.878. The number of benzene rings is 3. The molecule has 9 rings (SSSR count). The SMILES string of the molecule is Cc1nc2cc(F)c(-c3cnc(N4CCN(C(=O)COCCOCCOCCOCCOCCOCCn5cc(CC[C@H](NC(=O)c6ccc(OCc7ccc8nc(N)[nH]c(=O)c8c7)cc6)C(=O)O)nn5)CC4)nc3)nc2c(N[C@H](C)c2cc(C#N)ccc2F)c1Cl. The third kappa shape index (κ3) is 18.6. The van der Waals surface area contributed by atoms with Crippen LogP contribution < -0.4 is 31.6 Å². The largest absolute Gasteiger partial charge is 0.489 e. The Hall–Kier alpha value is -9.41. The molecule has 6 N–H and O–H groups in total. The van der Waals surface area contributed by atoms with Crippen LogP contribution in [-0.2, 0) is 57.6 Å². The summed E-state index contributed by atoms with van der Waals surface area (Å²) in [6.45, 7) is 9.40. The fraction of sp³-hybridized carbons (Fsp3) is 0.387. The number of carbonyl (C=O) groups excluding carboxylic acids is 2. The molecule has 5 aromatic heterocycles. The number of nitrogens with zero attached hydrogens (tertiary/aromatic N) is 11. The number of rotatable bonds is 34. The van der Waals surface area contributed by atoms with Crippen molar-refractivity contribution in [2.24, 2.45) is 0 Å². The van der Waals surface area contributed by atoms with E-state index >= 15 is 4.39 Å². The number of hydrogen-bond acceptors (Lipinski definition) is 22. The highest BCUT2D eigenvalue weighted by molar-refractivity contribution is 6.35. The summed E-state index contributed by atoms with van der Waals surface area (Å²) >= 11 is 6.71. The molecule has 0 aliphatic carbocycles. The molecular formula is C62H68ClF2N15O12. The Kier molecular flexibility index (Phi) is 24.1. The standard InChI is InChI=1S/C62H68ClF2N15O12/c1-38(46-29-40(32-66)3-10-48(46)64)71-57-54(63)39(2)70-52-31-49(65)55(74-56(52)57)43-33-68-62(69-34-43)79-15-13-78(14-16-79)53(81)37-91-28-27-90-26-25-89-24-23-88-22-21-87-20-19-86-18-17-80-35-44(76-77-80)7-12-51(60(84)85)72-58(82)42-5-8-45(9-6-42)92-36-41-4-11-50-47(30-41)59(83)75-61(67)73-50/h3-6,8-11,29-31,33-35,38,51H,7,12-28,36-37H2,1-2H3,(H,70,71)(H,72,82)(H,84,85)(H3,67,73,75,83)/t38-,51+/m1/s1. The van der Waals surface area contributed by atoms with Gasteiger partial charge in [-0.15, -0.1) is 5.10 Å². The number of fused-ring (bicyclic) bond motifs is 2. The number of hydrogen-bond donors (Lipinski definition) is 5. The number of ether oxygens (including phenoxy) is 7. The van der Waals surface area contributed by atoms with Gasteiger partial charge in [0.1, 0.15) is 42.0 Å². The van der Waals surface area contributed by atoms with Crippen molar-refractivity contribution in [2.45, 2.75) is 51.9 Å². The third-order valence-electron chi connectivity index (χ3n) is 14.5. The second-order valence-electron chi connectivity index (χ2n) is 21.0. The number of nitriles is 1. The van der Waals surface area contributed by atoms with Crippen molar-refractivity contribution >= 4 is 68.9 Å². The molecule has 2 amide bonds. The van der Waals surface area contributed by atoms with E-state index < -0.39 is 35.6 Å². The molecule has 3 aromatic carbocycles. The molecule has 1 fully saturated rings. The van der Waals surface area contributed by atoms with Gasteiger partial charge in [-0.05, 0) is 86.8 Å². The van der Waals surface area contributed by atoms with Crippen LogP contribution in [0.25, 0.3) is 33.2 Å². The molecule has 0 unspecified atom stereocenters. The normalized spacial score (nSPS) is 13.1. The fourth-order valence-electron chi connectivity index (χ4n) is 9.62. The topological polar surface area (TPSA) is 344 Å². The number of pyridine rings is 2. The van der Waals surface area contributed by atoms with Crippen molar-refractivity contribution in [3.05, 3.63) is 146 Å². The summed E-state index contributed by atoms with van der Waals surface area (Å²) < 4.78 is 71.4. The minimum atomic E-state index is -1.19. The van der Waals surface area contributed by atoms with Crippen LogP contribution in [0, 0.1) is 29.9 Å². The fourth-order valence-corrected chi connectivity index (χ4v) is 9.81. The van der Waals surface area contributed by atoms with Gasteiger partial charge in [0.15, 0.2) is 5.82 Å². The predicted octanol–water partition coefficient (Wildman–Crippen LogP) is 5.63. The first-order valence-corrected chi connectivity index (χ1v) is 29.9. The first-order chi connectivity index (χ1) is 44.6. The van der Waals surface area contributed by atoms with E-state index in [1.54, 1.807) is 60.0 Å². The van der Waals surface area contributed by atoms with Crippen LogP contribution in [0.1, 0.15) is 57.8 Å². The molecule has 0 radical (unpaired) electrons. The number of anilines is 3. The van der Waals surface area contributed by atoms with E-state index in [-0.39, 0.29) is 89.6 Å². The van der Waals surface area contributed by atoms with E-state index in [1.165, 1.54) is 48.8 Å². The van der Waals surface area contributed by atoms with Crippen LogP contribution in [0.4, 0.5) is 26.4 Å². The van der Waals surface area contributed by atoms with Gasteiger partial charge in [-0.2, -0.15) is 5.26 Å². The molecule has 6 heterocycles. The Bertz CT molecular complexity index is 3930. The Morgan fingerprint density at radius 3 is 2.14 bits per heavy atom. The van der Waals surface area contributed by atoms with Gasteiger partial charge < -0.3 is 64.4 Å². The first-order valence-electron chi connectivity index (χ1n) is 29.5. The first kappa shape index (κ1) is 67.0. The molecular weight excluding hydrogens is 1220 g/mol. The van der Waals surface area contributed by atoms with Gasteiger partial charge in [0, 0.05) is 67.5 Å². The van der Waals surface area contributed by atoms with Crippen molar-refractivity contribution in [3.8, 4) is 23.1 Å². The number of amides is 2. The molecule has 30 heteroatoms. The number of aliphatic carboxylic acids is 1. The lowest BCUT2D eigenvalue weighted by Crippen LogP contribution is -2.50. The maximum absolute atomic E-state index is 15.6. The highest BCUT2D eigenvalue weighted by Gasteiger charge is 2.26.